The molecule has 0 aliphatic carbocycles. The van der Waals surface area contributed by atoms with Crippen molar-refractivity contribution in [2.45, 2.75) is 32.2 Å². The number of hydrogen-bond acceptors (Lipinski definition) is 8. The zero-order chi connectivity index (χ0) is 27.8. The van der Waals surface area contributed by atoms with Crippen molar-refractivity contribution in [1.82, 2.24) is 54.2 Å². The van der Waals surface area contributed by atoms with Crippen LogP contribution >= 0.6 is 0 Å². The first-order valence-electron chi connectivity index (χ1n) is 14.0. The van der Waals surface area contributed by atoms with Gasteiger partial charge in [-0.25, -0.2) is 9.97 Å². The molecule has 1 aliphatic heterocycles. The second-order valence-electron chi connectivity index (χ2n) is 10.6. The molecule has 1 aromatic carbocycles. The van der Waals surface area contributed by atoms with Gasteiger partial charge in [-0.2, -0.15) is 19.8 Å². The third kappa shape index (κ3) is 5.11. The average Bonchev–Trinajstić information content (AvgIpc) is 3.83. The number of aryl methyl sites for hydroxylation is 1. The molecule has 7 rings (SSSR count). The third-order valence-electron chi connectivity index (χ3n) is 7.78. The highest BCUT2D eigenvalue weighted by atomic mass is 15.4. The van der Waals surface area contributed by atoms with Gasteiger partial charge in [0.1, 0.15) is 0 Å². The van der Waals surface area contributed by atoms with Gasteiger partial charge in [0.2, 0.25) is 0 Å². The molecule has 11 nitrogen and oxygen atoms in total. The second-order valence-corrected chi connectivity index (χ2v) is 10.6. The normalized spacial score (nSPS) is 14.7. The first-order valence-corrected chi connectivity index (χ1v) is 14.0. The maximum Gasteiger partial charge on any atom is 0.177 e. The minimum atomic E-state index is -0.0488. The summed E-state index contributed by atoms with van der Waals surface area (Å²) >= 11 is 0. The lowest BCUT2D eigenvalue weighted by Gasteiger charge is -2.13. The van der Waals surface area contributed by atoms with Crippen LogP contribution in [0.5, 0.6) is 0 Å². The van der Waals surface area contributed by atoms with E-state index in [0.29, 0.717) is 11.5 Å². The first kappa shape index (κ1) is 25.2. The summed E-state index contributed by atoms with van der Waals surface area (Å²) in [6, 6.07) is 12.1. The zero-order valence-electron chi connectivity index (χ0n) is 23.2. The Morgan fingerprint density at radius 3 is 2.44 bits per heavy atom. The van der Waals surface area contributed by atoms with Crippen LogP contribution in [-0.4, -0.2) is 73.9 Å². The highest BCUT2D eigenvalue weighted by Gasteiger charge is 2.19. The number of rotatable bonds is 8. The van der Waals surface area contributed by atoms with Crippen LogP contribution in [0.1, 0.15) is 37.1 Å². The first-order chi connectivity index (χ1) is 20.1. The lowest BCUT2D eigenvalue weighted by Crippen LogP contribution is -2.24. The Kier molecular flexibility index (Phi) is 6.56. The Labute approximate surface area is 237 Å². The largest absolute Gasteiger partial charge is 0.301 e. The SMILES string of the molecule is CC(c1cccc(-c2ncc(-c3cnn(CCN4CCCC4)c3)cn2)c1)c1nnc2ccc(-c3cnn(C)c3)nn12. The minimum Gasteiger partial charge on any atom is -0.301 e. The molecule has 41 heavy (non-hydrogen) atoms. The fourth-order valence-corrected chi connectivity index (χ4v) is 5.39. The highest BCUT2D eigenvalue weighted by molar-refractivity contribution is 5.63. The molecule has 0 amide bonds. The molecule has 0 radical (unpaired) electrons. The van der Waals surface area contributed by atoms with E-state index >= 15 is 0 Å². The van der Waals surface area contributed by atoms with E-state index in [2.05, 4.69) is 50.5 Å². The van der Waals surface area contributed by atoms with Crippen LogP contribution in [0.3, 0.4) is 0 Å². The standard InChI is InChI=1S/C30H31N11/c1-21(30-36-35-28-9-8-27(37-41(28)30)26-18-33-38(2)19-26)22-6-5-7-23(14-22)29-31-15-24(16-32-29)25-17-34-40(20-25)13-12-39-10-3-4-11-39/h5-9,14-21H,3-4,10-13H2,1-2H3. The van der Waals surface area contributed by atoms with Gasteiger partial charge in [0.05, 0.1) is 24.6 Å². The van der Waals surface area contributed by atoms with E-state index in [1.54, 1.807) is 10.9 Å². The maximum atomic E-state index is 4.82. The summed E-state index contributed by atoms with van der Waals surface area (Å²) < 4.78 is 5.59. The molecule has 1 atom stereocenters. The van der Waals surface area contributed by atoms with Gasteiger partial charge in [0, 0.05) is 66.6 Å². The number of hydrogen-bond donors (Lipinski definition) is 0. The molecule has 5 aromatic heterocycles. The van der Waals surface area contributed by atoms with Gasteiger partial charge in [-0.15, -0.1) is 10.2 Å². The number of nitrogens with zero attached hydrogens (tertiary/aromatic N) is 11. The molecule has 1 aliphatic rings. The summed E-state index contributed by atoms with van der Waals surface area (Å²) in [5.74, 6) is 1.39. The van der Waals surface area contributed by atoms with E-state index in [9.17, 15) is 0 Å². The van der Waals surface area contributed by atoms with Crippen LogP contribution in [0.4, 0.5) is 0 Å². The average molecular weight is 546 g/mol. The summed E-state index contributed by atoms with van der Waals surface area (Å²) in [5, 5.41) is 22.5. The molecule has 6 aromatic rings. The molecular weight excluding hydrogens is 514 g/mol. The van der Waals surface area contributed by atoms with Crippen LogP contribution < -0.4 is 0 Å². The molecule has 0 bridgehead atoms. The van der Waals surface area contributed by atoms with Crippen molar-refractivity contribution in [2.24, 2.45) is 7.05 Å². The topological polar surface area (TPSA) is 108 Å². The third-order valence-corrected chi connectivity index (χ3v) is 7.78. The predicted molar refractivity (Wildman–Crippen MR) is 155 cm³/mol. The molecule has 1 unspecified atom stereocenters. The Balaban J connectivity index is 1.09. The molecular formula is C30H31N11. The predicted octanol–water partition coefficient (Wildman–Crippen LogP) is 4.09. The summed E-state index contributed by atoms with van der Waals surface area (Å²) in [5.41, 5.74) is 6.47. The molecule has 1 fully saturated rings. The molecule has 0 spiro atoms. The van der Waals surface area contributed by atoms with Crippen molar-refractivity contribution < 1.29 is 0 Å². The van der Waals surface area contributed by atoms with Gasteiger partial charge < -0.3 is 4.90 Å². The van der Waals surface area contributed by atoms with Gasteiger partial charge in [-0.05, 0) is 49.7 Å². The van der Waals surface area contributed by atoms with Gasteiger partial charge in [-0.3, -0.25) is 9.36 Å². The maximum absolute atomic E-state index is 4.82. The van der Waals surface area contributed by atoms with E-state index in [0.717, 1.165) is 52.4 Å². The fraction of sp³-hybridized carbons (Fsp3) is 0.300. The van der Waals surface area contributed by atoms with Crippen LogP contribution in [0.2, 0.25) is 0 Å². The molecule has 206 valence electrons. The van der Waals surface area contributed by atoms with Crippen LogP contribution in [0.25, 0.3) is 39.4 Å². The van der Waals surface area contributed by atoms with Gasteiger partial charge in [-0.1, -0.05) is 25.1 Å². The van der Waals surface area contributed by atoms with Crippen LogP contribution in [0.15, 0.2) is 73.6 Å². The van der Waals surface area contributed by atoms with E-state index in [-0.39, 0.29) is 5.92 Å². The molecule has 11 heteroatoms. The fourth-order valence-electron chi connectivity index (χ4n) is 5.39. The molecule has 1 saturated heterocycles. The van der Waals surface area contributed by atoms with Crippen molar-refractivity contribution in [3.63, 3.8) is 0 Å². The second kappa shape index (κ2) is 10.7. The Morgan fingerprint density at radius 2 is 1.63 bits per heavy atom. The number of fused-ring (bicyclic) bond motifs is 1. The lowest BCUT2D eigenvalue weighted by atomic mass is 9.98. The summed E-state index contributed by atoms with van der Waals surface area (Å²) in [4.78, 5) is 11.9. The molecule has 6 heterocycles. The Morgan fingerprint density at radius 1 is 0.805 bits per heavy atom. The number of benzene rings is 1. The van der Waals surface area contributed by atoms with E-state index in [1.165, 1.54) is 25.9 Å². The summed E-state index contributed by atoms with van der Waals surface area (Å²) in [7, 11) is 1.89. The van der Waals surface area contributed by atoms with E-state index in [1.807, 2.05) is 65.3 Å². The summed E-state index contributed by atoms with van der Waals surface area (Å²) in [6.07, 6.45) is 14.1. The van der Waals surface area contributed by atoms with Crippen molar-refractivity contribution in [1.29, 1.82) is 0 Å². The van der Waals surface area contributed by atoms with Crippen molar-refractivity contribution in [3.8, 4) is 33.8 Å². The Hall–Kier alpha value is -4.77. The highest BCUT2D eigenvalue weighted by Crippen LogP contribution is 2.28. The number of likely N-dealkylation sites (tertiary alicyclic amines) is 1. The van der Waals surface area contributed by atoms with Gasteiger partial charge in [0.25, 0.3) is 0 Å². The summed E-state index contributed by atoms with van der Waals surface area (Å²) in [6.45, 7) is 6.44. The number of aromatic nitrogens is 10. The van der Waals surface area contributed by atoms with Gasteiger partial charge in [0.15, 0.2) is 17.3 Å². The quantitative estimate of drug-likeness (QED) is 0.281. The van der Waals surface area contributed by atoms with Crippen LogP contribution in [0, 0.1) is 0 Å². The van der Waals surface area contributed by atoms with E-state index < -0.39 is 0 Å². The zero-order valence-corrected chi connectivity index (χ0v) is 23.2. The lowest BCUT2D eigenvalue weighted by molar-refractivity contribution is 0.316. The van der Waals surface area contributed by atoms with E-state index in [4.69, 9.17) is 15.1 Å². The van der Waals surface area contributed by atoms with Crippen molar-refractivity contribution in [3.05, 3.63) is 85.0 Å². The van der Waals surface area contributed by atoms with Crippen molar-refractivity contribution in [2.75, 3.05) is 19.6 Å². The smallest absolute Gasteiger partial charge is 0.177 e. The monoisotopic (exact) mass is 545 g/mol. The van der Waals surface area contributed by atoms with Crippen LogP contribution in [-0.2, 0) is 13.6 Å². The Bertz CT molecular complexity index is 1790. The van der Waals surface area contributed by atoms with Crippen molar-refractivity contribution >= 4 is 5.65 Å². The molecule has 0 N–H and O–H groups in total. The minimum absolute atomic E-state index is 0.0488. The van der Waals surface area contributed by atoms with Gasteiger partial charge >= 0.3 is 0 Å². The molecule has 0 saturated carbocycles.